The summed E-state index contributed by atoms with van der Waals surface area (Å²) in [6.07, 6.45) is 4.79. The van der Waals surface area contributed by atoms with Crippen LogP contribution in [0.15, 0.2) is 47.2 Å². The van der Waals surface area contributed by atoms with Crippen molar-refractivity contribution in [2.24, 2.45) is 0 Å². The third-order valence-corrected chi connectivity index (χ3v) is 3.44. The fourth-order valence-corrected chi connectivity index (χ4v) is 1.62. The number of hydrogen-bond donors (Lipinski definition) is 1. The summed E-state index contributed by atoms with van der Waals surface area (Å²) in [5.74, 6) is -0.00852. The molecule has 0 unspecified atom stereocenters. The van der Waals surface area contributed by atoms with Crippen molar-refractivity contribution in [2.75, 3.05) is 0 Å². The van der Waals surface area contributed by atoms with Crippen molar-refractivity contribution in [3.8, 4) is 0 Å². The van der Waals surface area contributed by atoms with E-state index in [1.807, 2.05) is 34.6 Å². The van der Waals surface area contributed by atoms with Crippen LogP contribution in [0.25, 0.3) is 0 Å². The van der Waals surface area contributed by atoms with Gasteiger partial charge in [-0.3, -0.25) is 15.1 Å². The Bertz CT molecular complexity index is 455. The molecule has 0 amide bonds. The number of hydrogen-bond acceptors (Lipinski definition) is 3. The van der Waals surface area contributed by atoms with Gasteiger partial charge in [0.05, 0.1) is 5.54 Å². The average Bonchev–Trinajstić information content (AvgIpc) is 2.22. The summed E-state index contributed by atoms with van der Waals surface area (Å²) in [4.78, 5) is 11.4. The van der Waals surface area contributed by atoms with Crippen LogP contribution in [0, 0.1) is 0 Å². The molecule has 0 saturated heterocycles. The van der Waals surface area contributed by atoms with Crippen LogP contribution in [-0.4, -0.2) is 21.6 Å². The molecule has 1 rings (SSSR count). The molecule has 1 aliphatic rings. The zero-order valence-electron chi connectivity index (χ0n) is 11.7. The van der Waals surface area contributed by atoms with E-state index in [2.05, 4.69) is 6.58 Å². The van der Waals surface area contributed by atoms with Crippen molar-refractivity contribution in [3.63, 3.8) is 0 Å². The number of carbonyl (C=O) groups excluding carboxylic acids is 1. The lowest BCUT2D eigenvalue weighted by Crippen LogP contribution is -2.39. The molecule has 3 heteroatoms. The smallest absolute Gasteiger partial charge is 0.179 e. The molecule has 18 heavy (non-hydrogen) atoms. The maximum Gasteiger partial charge on any atom is 0.179 e. The lowest BCUT2D eigenvalue weighted by Gasteiger charge is -2.34. The molecule has 0 spiro atoms. The van der Waals surface area contributed by atoms with Crippen LogP contribution >= 0.6 is 0 Å². The van der Waals surface area contributed by atoms with E-state index in [-0.39, 0.29) is 5.78 Å². The topological polar surface area (TPSA) is 40.5 Å². The largest absolute Gasteiger partial charge is 0.290 e. The van der Waals surface area contributed by atoms with Gasteiger partial charge in [-0.25, -0.2) is 0 Å². The number of allylic oxidation sites excluding steroid dienone is 5. The van der Waals surface area contributed by atoms with Gasteiger partial charge in [-0.15, -0.1) is 0 Å². The van der Waals surface area contributed by atoms with E-state index in [4.69, 9.17) is 0 Å². The summed E-state index contributed by atoms with van der Waals surface area (Å²) in [5, 5.41) is 11.3. The number of nitrogens with zero attached hydrogens (tertiary/aromatic N) is 1. The van der Waals surface area contributed by atoms with Crippen molar-refractivity contribution in [3.05, 3.63) is 47.2 Å². The van der Waals surface area contributed by atoms with E-state index in [9.17, 15) is 10.0 Å². The number of ketones is 1. The number of hydroxylamine groups is 2. The molecule has 0 fully saturated rings. The van der Waals surface area contributed by atoms with Crippen LogP contribution in [-0.2, 0) is 4.79 Å². The zero-order chi connectivity index (χ0) is 14.1. The SMILES string of the molecule is C=C(C)C(C)(C)N(O)C=C1C(C)=CC(=O)C=C1C. The molecule has 0 aromatic carbocycles. The minimum atomic E-state index is -0.547. The van der Waals surface area contributed by atoms with E-state index in [0.29, 0.717) is 0 Å². The maximum atomic E-state index is 11.4. The summed E-state index contributed by atoms with van der Waals surface area (Å²) >= 11 is 0. The molecule has 0 bridgehead atoms. The molecule has 0 radical (unpaired) electrons. The molecule has 98 valence electrons. The van der Waals surface area contributed by atoms with Crippen LogP contribution in [0.3, 0.4) is 0 Å². The van der Waals surface area contributed by atoms with E-state index < -0.39 is 5.54 Å². The molecule has 0 aromatic heterocycles. The molecule has 0 atom stereocenters. The zero-order valence-corrected chi connectivity index (χ0v) is 11.7. The molecular formula is C15H21NO2. The van der Waals surface area contributed by atoms with E-state index in [0.717, 1.165) is 27.4 Å². The van der Waals surface area contributed by atoms with Crippen LogP contribution in [0.5, 0.6) is 0 Å². The monoisotopic (exact) mass is 247 g/mol. The molecule has 1 aliphatic carbocycles. The summed E-state index contributed by atoms with van der Waals surface area (Å²) in [7, 11) is 0. The Morgan fingerprint density at radius 1 is 1.33 bits per heavy atom. The molecule has 0 aliphatic heterocycles. The normalized spacial score (nSPS) is 16.1. The van der Waals surface area contributed by atoms with Crippen molar-refractivity contribution < 1.29 is 10.0 Å². The minimum Gasteiger partial charge on any atom is -0.290 e. The highest BCUT2D eigenvalue weighted by molar-refractivity contribution is 6.03. The van der Waals surface area contributed by atoms with Crippen LogP contribution in [0.2, 0.25) is 0 Å². The Morgan fingerprint density at radius 3 is 2.17 bits per heavy atom. The van der Waals surface area contributed by atoms with Crippen molar-refractivity contribution in [1.82, 2.24) is 5.06 Å². The molecule has 0 heterocycles. The van der Waals surface area contributed by atoms with E-state index in [1.54, 1.807) is 18.4 Å². The van der Waals surface area contributed by atoms with Gasteiger partial charge in [0.2, 0.25) is 0 Å². The Balaban J connectivity index is 3.11. The summed E-state index contributed by atoms with van der Waals surface area (Å²) in [6.45, 7) is 13.2. The molecule has 0 saturated carbocycles. The van der Waals surface area contributed by atoms with E-state index >= 15 is 0 Å². The first-order chi connectivity index (χ1) is 8.16. The van der Waals surface area contributed by atoms with Gasteiger partial charge in [0.25, 0.3) is 0 Å². The number of carbonyl (C=O) groups is 1. The highest BCUT2D eigenvalue weighted by atomic mass is 16.5. The third-order valence-electron chi connectivity index (χ3n) is 3.44. The predicted octanol–water partition coefficient (Wildman–Crippen LogP) is 3.39. The van der Waals surface area contributed by atoms with Gasteiger partial charge in [-0.1, -0.05) is 12.2 Å². The summed E-state index contributed by atoms with van der Waals surface area (Å²) in [5.41, 5.74) is 2.89. The van der Waals surface area contributed by atoms with Gasteiger partial charge in [-0.2, -0.15) is 0 Å². The standard InChI is InChI=1S/C15H21NO2/c1-10(2)15(5,6)16(18)9-14-11(3)7-13(17)8-12(14)4/h7-9,18H,1H2,2-6H3. The molecule has 0 aromatic rings. The average molecular weight is 247 g/mol. The van der Waals surface area contributed by atoms with Crippen LogP contribution in [0.1, 0.15) is 34.6 Å². The predicted molar refractivity (Wildman–Crippen MR) is 73.1 cm³/mol. The number of rotatable bonds is 3. The van der Waals surface area contributed by atoms with Crippen molar-refractivity contribution >= 4 is 5.78 Å². The summed E-state index contributed by atoms with van der Waals surface area (Å²) < 4.78 is 0. The third kappa shape index (κ3) is 2.79. The maximum absolute atomic E-state index is 11.4. The second kappa shape index (κ2) is 4.94. The Morgan fingerprint density at radius 2 is 1.78 bits per heavy atom. The Kier molecular flexibility index (Phi) is 3.97. The van der Waals surface area contributed by atoms with Crippen LogP contribution < -0.4 is 0 Å². The van der Waals surface area contributed by atoms with Gasteiger partial charge in [0.1, 0.15) is 0 Å². The van der Waals surface area contributed by atoms with Gasteiger partial charge < -0.3 is 0 Å². The Hall–Kier alpha value is -1.61. The van der Waals surface area contributed by atoms with Crippen LogP contribution in [0.4, 0.5) is 0 Å². The Labute approximate surface area is 109 Å². The summed E-state index contributed by atoms with van der Waals surface area (Å²) in [6, 6.07) is 0. The minimum absolute atomic E-state index is 0.00852. The first-order valence-electron chi connectivity index (χ1n) is 5.93. The highest BCUT2D eigenvalue weighted by Gasteiger charge is 2.25. The van der Waals surface area contributed by atoms with Crippen molar-refractivity contribution in [2.45, 2.75) is 40.2 Å². The second-order valence-corrected chi connectivity index (χ2v) is 5.28. The van der Waals surface area contributed by atoms with Gasteiger partial charge in [-0.05, 0) is 63.5 Å². The fraction of sp³-hybridized carbons (Fsp3) is 0.400. The second-order valence-electron chi connectivity index (χ2n) is 5.28. The van der Waals surface area contributed by atoms with Gasteiger partial charge >= 0.3 is 0 Å². The van der Waals surface area contributed by atoms with Gasteiger partial charge in [0.15, 0.2) is 5.78 Å². The first-order valence-corrected chi connectivity index (χ1v) is 5.93. The fourth-order valence-electron chi connectivity index (χ4n) is 1.62. The molecule has 3 nitrogen and oxygen atoms in total. The highest BCUT2D eigenvalue weighted by Crippen LogP contribution is 2.27. The lowest BCUT2D eigenvalue weighted by atomic mass is 9.92. The lowest BCUT2D eigenvalue weighted by molar-refractivity contribution is -0.110. The van der Waals surface area contributed by atoms with Crippen molar-refractivity contribution in [1.29, 1.82) is 0 Å². The van der Waals surface area contributed by atoms with E-state index in [1.165, 1.54) is 0 Å². The first kappa shape index (κ1) is 14.5. The molecular weight excluding hydrogens is 226 g/mol. The quantitative estimate of drug-likeness (QED) is 0.614. The van der Waals surface area contributed by atoms with Gasteiger partial charge in [0, 0.05) is 6.20 Å². The molecule has 1 N–H and O–H groups in total.